The lowest BCUT2D eigenvalue weighted by Gasteiger charge is -2.12. The van der Waals surface area contributed by atoms with Crippen molar-refractivity contribution < 1.29 is 9.21 Å². The van der Waals surface area contributed by atoms with E-state index < -0.39 is 0 Å². The quantitative estimate of drug-likeness (QED) is 0.676. The number of urea groups is 1. The number of H-pyrrole nitrogens is 1. The van der Waals surface area contributed by atoms with Gasteiger partial charge in [0.15, 0.2) is 0 Å². The van der Waals surface area contributed by atoms with E-state index in [0.717, 1.165) is 22.6 Å². The van der Waals surface area contributed by atoms with E-state index in [1.165, 1.54) is 0 Å². The summed E-state index contributed by atoms with van der Waals surface area (Å²) in [5.74, 6) is 0.726. The molecule has 0 saturated carbocycles. The zero-order valence-electron chi connectivity index (χ0n) is 12.7. The van der Waals surface area contributed by atoms with Gasteiger partial charge in [0.25, 0.3) is 0 Å². The first kappa shape index (κ1) is 14.9. The zero-order valence-corrected chi connectivity index (χ0v) is 12.7. The molecule has 1 aromatic carbocycles. The molecule has 0 saturated heterocycles. The van der Waals surface area contributed by atoms with Gasteiger partial charge in [0.1, 0.15) is 5.76 Å². The molecule has 2 heterocycles. The van der Waals surface area contributed by atoms with Gasteiger partial charge in [-0.05, 0) is 36.2 Å². The molecular weight excluding hydrogens is 292 g/mol. The number of benzene rings is 1. The predicted molar refractivity (Wildman–Crippen MR) is 86.5 cm³/mol. The minimum Gasteiger partial charge on any atom is -0.467 e. The highest BCUT2D eigenvalue weighted by Crippen LogP contribution is 2.16. The van der Waals surface area contributed by atoms with Crippen molar-refractivity contribution >= 4 is 6.03 Å². The molecule has 0 fully saturated rings. The van der Waals surface area contributed by atoms with Gasteiger partial charge in [-0.25, -0.2) is 4.79 Å². The molecule has 0 aliphatic carbocycles. The number of rotatable bonds is 5. The number of hydrogen-bond donors (Lipinski definition) is 3. The van der Waals surface area contributed by atoms with Crippen molar-refractivity contribution in [2.24, 2.45) is 0 Å². The van der Waals surface area contributed by atoms with Crippen molar-refractivity contribution in [3.05, 3.63) is 66.2 Å². The van der Waals surface area contributed by atoms with E-state index in [1.807, 2.05) is 43.3 Å². The van der Waals surface area contributed by atoms with E-state index in [-0.39, 0.29) is 12.1 Å². The number of hydrogen-bond acceptors (Lipinski definition) is 3. The molecule has 3 rings (SSSR count). The summed E-state index contributed by atoms with van der Waals surface area (Å²) >= 11 is 0. The van der Waals surface area contributed by atoms with Gasteiger partial charge in [0.05, 0.1) is 18.0 Å². The first-order valence-corrected chi connectivity index (χ1v) is 7.39. The third-order valence-corrected chi connectivity index (χ3v) is 3.54. The Morgan fingerprint density at radius 1 is 1.26 bits per heavy atom. The zero-order chi connectivity index (χ0) is 16.1. The third-order valence-electron chi connectivity index (χ3n) is 3.54. The molecule has 0 aliphatic heterocycles. The maximum atomic E-state index is 11.9. The summed E-state index contributed by atoms with van der Waals surface area (Å²) in [6.07, 6.45) is 3.31. The number of carbonyl (C=O) groups is 1. The molecule has 0 spiro atoms. The highest BCUT2D eigenvalue weighted by atomic mass is 16.3. The van der Waals surface area contributed by atoms with E-state index in [0.29, 0.717) is 6.54 Å². The van der Waals surface area contributed by atoms with Crippen LogP contribution in [0.3, 0.4) is 0 Å². The topological polar surface area (TPSA) is 83.0 Å². The average Bonchev–Trinajstić information content (AvgIpc) is 3.26. The lowest BCUT2D eigenvalue weighted by molar-refractivity contribution is 0.235. The molecule has 1 atom stereocenters. The number of amides is 2. The fraction of sp³-hybridized carbons (Fsp3) is 0.176. The Bertz CT molecular complexity index is 734. The predicted octanol–water partition coefficient (Wildman–Crippen LogP) is 3.23. The summed E-state index contributed by atoms with van der Waals surface area (Å²) < 4.78 is 5.26. The van der Waals surface area contributed by atoms with Gasteiger partial charge < -0.3 is 15.1 Å². The SMILES string of the molecule is C[C@@H](NC(=O)NCc1ccc(-c2ccn[nH]2)cc1)c1ccco1. The Labute approximate surface area is 133 Å². The average molecular weight is 310 g/mol. The molecule has 118 valence electrons. The highest BCUT2D eigenvalue weighted by molar-refractivity contribution is 5.74. The molecule has 23 heavy (non-hydrogen) atoms. The van der Waals surface area contributed by atoms with E-state index in [1.54, 1.807) is 18.5 Å². The Hall–Kier alpha value is -3.02. The normalized spacial score (nSPS) is 11.9. The van der Waals surface area contributed by atoms with E-state index >= 15 is 0 Å². The maximum Gasteiger partial charge on any atom is 0.315 e. The first-order valence-electron chi connectivity index (χ1n) is 7.39. The molecule has 3 aromatic rings. The van der Waals surface area contributed by atoms with Crippen LogP contribution in [0.15, 0.2) is 59.3 Å². The molecule has 3 N–H and O–H groups in total. The fourth-order valence-electron chi connectivity index (χ4n) is 2.26. The Morgan fingerprint density at radius 3 is 2.74 bits per heavy atom. The summed E-state index contributed by atoms with van der Waals surface area (Å²) in [7, 11) is 0. The van der Waals surface area contributed by atoms with Gasteiger partial charge in [0.2, 0.25) is 0 Å². The second kappa shape index (κ2) is 6.83. The van der Waals surface area contributed by atoms with Crippen LogP contribution in [-0.2, 0) is 6.54 Å². The van der Waals surface area contributed by atoms with Crippen molar-refractivity contribution in [1.29, 1.82) is 0 Å². The van der Waals surface area contributed by atoms with E-state index in [4.69, 9.17) is 4.42 Å². The smallest absolute Gasteiger partial charge is 0.315 e. The van der Waals surface area contributed by atoms with Gasteiger partial charge in [-0.1, -0.05) is 24.3 Å². The third kappa shape index (κ3) is 3.79. The van der Waals surface area contributed by atoms with Crippen molar-refractivity contribution in [3.63, 3.8) is 0 Å². The van der Waals surface area contributed by atoms with Crippen LogP contribution in [0.1, 0.15) is 24.3 Å². The molecular formula is C17H18N4O2. The monoisotopic (exact) mass is 310 g/mol. The molecule has 0 unspecified atom stereocenters. The molecule has 2 amide bonds. The van der Waals surface area contributed by atoms with Gasteiger partial charge in [-0.2, -0.15) is 5.10 Å². The maximum absolute atomic E-state index is 11.9. The second-order valence-corrected chi connectivity index (χ2v) is 5.23. The van der Waals surface area contributed by atoms with Crippen LogP contribution in [0.4, 0.5) is 4.79 Å². The van der Waals surface area contributed by atoms with Crippen molar-refractivity contribution in [3.8, 4) is 11.3 Å². The Balaban J connectivity index is 1.51. The first-order chi connectivity index (χ1) is 11.2. The van der Waals surface area contributed by atoms with Crippen LogP contribution in [0, 0.1) is 0 Å². The standard InChI is InChI=1S/C17H18N4O2/c1-12(16-3-2-10-23-16)20-17(22)18-11-13-4-6-14(7-5-13)15-8-9-19-21-15/h2-10,12H,11H2,1H3,(H,19,21)(H2,18,20,22)/t12-/m1/s1. The van der Waals surface area contributed by atoms with E-state index in [2.05, 4.69) is 20.8 Å². The molecule has 2 aromatic heterocycles. The van der Waals surface area contributed by atoms with Crippen LogP contribution >= 0.6 is 0 Å². The number of nitrogens with zero attached hydrogens (tertiary/aromatic N) is 1. The van der Waals surface area contributed by atoms with Gasteiger partial charge in [-0.15, -0.1) is 0 Å². The minimum atomic E-state index is -0.230. The van der Waals surface area contributed by atoms with Gasteiger partial charge in [0, 0.05) is 12.7 Å². The lowest BCUT2D eigenvalue weighted by Crippen LogP contribution is -2.36. The molecule has 6 heteroatoms. The lowest BCUT2D eigenvalue weighted by atomic mass is 10.1. The Kier molecular flexibility index (Phi) is 4.42. The van der Waals surface area contributed by atoms with Crippen LogP contribution in [-0.4, -0.2) is 16.2 Å². The summed E-state index contributed by atoms with van der Waals surface area (Å²) in [5.41, 5.74) is 3.05. The number of nitrogens with one attached hydrogen (secondary N) is 3. The van der Waals surface area contributed by atoms with Crippen molar-refractivity contribution in [2.45, 2.75) is 19.5 Å². The number of furan rings is 1. The molecule has 0 radical (unpaired) electrons. The largest absolute Gasteiger partial charge is 0.467 e. The van der Waals surface area contributed by atoms with Crippen LogP contribution in [0.25, 0.3) is 11.3 Å². The fourth-order valence-corrected chi connectivity index (χ4v) is 2.26. The van der Waals surface area contributed by atoms with Gasteiger partial charge >= 0.3 is 6.03 Å². The van der Waals surface area contributed by atoms with E-state index in [9.17, 15) is 4.79 Å². The summed E-state index contributed by atoms with van der Waals surface area (Å²) in [4.78, 5) is 11.9. The molecule has 0 aliphatic rings. The van der Waals surface area contributed by atoms with Gasteiger partial charge in [-0.3, -0.25) is 5.10 Å². The number of carbonyl (C=O) groups excluding carboxylic acids is 1. The summed E-state index contributed by atoms with van der Waals surface area (Å²) in [6.45, 7) is 2.33. The molecule has 0 bridgehead atoms. The van der Waals surface area contributed by atoms with Crippen LogP contribution < -0.4 is 10.6 Å². The summed E-state index contributed by atoms with van der Waals surface area (Å²) in [5, 5.41) is 12.5. The minimum absolute atomic E-state index is 0.173. The van der Waals surface area contributed by atoms with Crippen molar-refractivity contribution in [2.75, 3.05) is 0 Å². The Morgan fingerprint density at radius 2 is 2.09 bits per heavy atom. The number of aromatic amines is 1. The summed E-state index contributed by atoms with van der Waals surface area (Å²) in [6, 6.07) is 13.1. The second-order valence-electron chi connectivity index (χ2n) is 5.23. The number of aromatic nitrogens is 2. The van der Waals surface area contributed by atoms with Crippen molar-refractivity contribution in [1.82, 2.24) is 20.8 Å². The highest BCUT2D eigenvalue weighted by Gasteiger charge is 2.11. The van der Waals surface area contributed by atoms with Crippen LogP contribution in [0.5, 0.6) is 0 Å². The molecule has 6 nitrogen and oxygen atoms in total. The van der Waals surface area contributed by atoms with Crippen LogP contribution in [0.2, 0.25) is 0 Å².